The molecule has 0 radical (unpaired) electrons. The van der Waals surface area contributed by atoms with E-state index in [-0.39, 0.29) is 0 Å². The molecular weight excluding hydrogens is 974 g/mol. The molecule has 6 aromatic rings. The van der Waals surface area contributed by atoms with Gasteiger partial charge < -0.3 is 18.9 Å². The zero-order valence-electron chi connectivity index (χ0n) is 32.2. The molecule has 0 fully saturated rings. The maximum Gasteiger partial charge on any atom is 0.227 e. The van der Waals surface area contributed by atoms with Gasteiger partial charge in [-0.1, -0.05) is 115 Å². The lowest BCUT2D eigenvalue weighted by molar-refractivity contribution is 0.255. The molecule has 2 aliphatic rings. The van der Waals surface area contributed by atoms with E-state index in [9.17, 15) is 0 Å². The quantitative estimate of drug-likeness (QED) is 0.129. The van der Waals surface area contributed by atoms with Gasteiger partial charge in [0.25, 0.3) is 0 Å². The summed E-state index contributed by atoms with van der Waals surface area (Å²) in [5.74, 6) is 2.27. The molecule has 0 aliphatic carbocycles. The largest absolute Gasteiger partial charge is 0.497 e. The Labute approximate surface area is 383 Å². The Bertz CT molecular complexity index is 2500. The maximum atomic E-state index is 7.14. The molecule has 0 unspecified atom stereocenters. The first kappa shape index (κ1) is 42.0. The molecule has 0 spiro atoms. The average molecular weight is 1010 g/mol. The minimum atomic E-state index is -1.72. The van der Waals surface area contributed by atoms with Crippen LogP contribution in [-0.2, 0) is 11.3 Å². The minimum Gasteiger partial charge on any atom is -0.497 e. The lowest BCUT2D eigenvalue weighted by atomic mass is 9.82. The van der Waals surface area contributed by atoms with E-state index in [1.165, 1.54) is 0 Å². The fraction of sp³-hybridized carbons (Fsp3) is 0.130. The van der Waals surface area contributed by atoms with E-state index in [0.717, 1.165) is 0 Å². The zero-order chi connectivity index (χ0) is 42.3. The monoisotopic (exact) mass is 1000 g/mol. The lowest BCUT2D eigenvalue weighted by Crippen LogP contribution is -2.43. The normalized spacial score (nSPS) is 15.2. The van der Waals surface area contributed by atoms with E-state index in [2.05, 4.69) is 31.9 Å². The fourth-order valence-corrected chi connectivity index (χ4v) is 9.50. The summed E-state index contributed by atoms with van der Waals surface area (Å²) >= 11 is 36.3. The van der Waals surface area contributed by atoms with E-state index < -0.39 is 11.3 Å². The maximum absolute atomic E-state index is 7.14. The molecule has 0 saturated carbocycles. The number of hydrogen-bond donors (Lipinski definition) is 0. The summed E-state index contributed by atoms with van der Waals surface area (Å²) in [6.07, 6.45) is 0. The van der Waals surface area contributed by atoms with Crippen molar-refractivity contribution < 1.29 is 18.9 Å². The number of benzene rings is 6. The van der Waals surface area contributed by atoms with Crippen molar-refractivity contribution in [3.05, 3.63) is 184 Å². The van der Waals surface area contributed by atoms with Crippen molar-refractivity contribution in [1.82, 2.24) is 0 Å². The Hall–Kier alpha value is -4.68. The molecule has 0 bridgehead atoms. The Morgan fingerprint density at radius 3 is 0.850 bits per heavy atom. The highest BCUT2D eigenvalue weighted by Gasteiger charge is 2.62. The van der Waals surface area contributed by atoms with Crippen LogP contribution in [0.1, 0.15) is 33.4 Å². The molecule has 14 heteroatoms. The van der Waals surface area contributed by atoms with Gasteiger partial charge in [-0.05, 0) is 84.9 Å². The van der Waals surface area contributed by atoms with Crippen LogP contribution in [0.3, 0.4) is 0 Å². The number of nitrogens with zero attached hydrogens (tertiary/aromatic N) is 4. The van der Waals surface area contributed by atoms with Gasteiger partial charge in [-0.15, -0.1) is 0 Å². The molecule has 8 rings (SSSR count). The topological polar surface area (TPSA) is 86.4 Å². The molecule has 0 amide bonds. The third kappa shape index (κ3) is 7.21. The van der Waals surface area contributed by atoms with E-state index in [4.69, 9.17) is 85.3 Å². The highest BCUT2D eigenvalue weighted by atomic mass is 79.9. The Balaban J connectivity index is 1.58. The van der Waals surface area contributed by atoms with E-state index in [1.807, 2.05) is 97.1 Å². The lowest BCUT2D eigenvalue weighted by Gasteiger charge is -2.39. The molecule has 0 N–H and O–H groups in total. The van der Waals surface area contributed by atoms with Crippen LogP contribution in [-0.4, -0.2) is 51.3 Å². The summed E-state index contributed by atoms with van der Waals surface area (Å²) in [6.45, 7) is 0. The third-order valence-electron chi connectivity index (χ3n) is 10.3. The van der Waals surface area contributed by atoms with Crippen molar-refractivity contribution in [3.8, 4) is 23.0 Å². The van der Waals surface area contributed by atoms with Crippen LogP contribution in [0, 0.1) is 0 Å². The van der Waals surface area contributed by atoms with Crippen LogP contribution in [0.15, 0.2) is 150 Å². The number of rotatable bonds is 11. The molecule has 0 atom stereocenters. The van der Waals surface area contributed by atoms with Crippen LogP contribution in [0.2, 0.25) is 20.1 Å². The molecule has 0 saturated heterocycles. The van der Waals surface area contributed by atoms with Crippen LogP contribution < -0.4 is 18.9 Å². The summed E-state index contributed by atoms with van der Waals surface area (Å²) in [5.41, 5.74) is 1.84. The van der Waals surface area contributed by atoms with Crippen LogP contribution in [0.5, 0.6) is 23.0 Å². The van der Waals surface area contributed by atoms with Gasteiger partial charge in [0.1, 0.15) is 23.0 Å². The highest BCUT2D eigenvalue weighted by molar-refractivity contribution is 9.10. The second kappa shape index (κ2) is 17.0. The predicted molar refractivity (Wildman–Crippen MR) is 250 cm³/mol. The van der Waals surface area contributed by atoms with Crippen molar-refractivity contribution >= 4 is 101 Å². The van der Waals surface area contributed by atoms with Crippen molar-refractivity contribution in [2.45, 2.75) is 11.3 Å². The van der Waals surface area contributed by atoms with Gasteiger partial charge in [0.05, 0.1) is 71.4 Å². The van der Waals surface area contributed by atoms with Crippen molar-refractivity contribution in [2.24, 2.45) is 20.0 Å². The summed E-state index contributed by atoms with van der Waals surface area (Å²) in [5, 5.41) is 1.49. The summed E-state index contributed by atoms with van der Waals surface area (Å²) in [7, 11) is 6.32. The second-order valence-electron chi connectivity index (χ2n) is 13.5. The van der Waals surface area contributed by atoms with Gasteiger partial charge in [-0.25, -0.2) is 20.0 Å². The second-order valence-corrected chi connectivity index (χ2v) is 16.9. The fourth-order valence-electron chi connectivity index (χ4n) is 7.34. The number of halogens is 6. The van der Waals surface area contributed by atoms with Crippen molar-refractivity contribution in [1.29, 1.82) is 0 Å². The van der Waals surface area contributed by atoms with E-state index in [0.29, 0.717) is 108 Å². The van der Waals surface area contributed by atoms with Gasteiger partial charge >= 0.3 is 0 Å². The van der Waals surface area contributed by atoms with Gasteiger partial charge in [0, 0.05) is 42.3 Å². The van der Waals surface area contributed by atoms with E-state index >= 15 is 0 Å². The zero-order valence-corrected chi connectivity index (χ0v) is 38.4. The van der Waals surface area contributed by atoms with Crippen LogP contribution >= 0.6 is 78.3 Å². The smallest absolute Gasteiger partial charge is 0.227 e. The minimum absolute atomic E-state index is 0.373. The van der Waals surface area contributed by atoms with Gasteiger partial charge in [-0.2, -0.15) is 0 Å². The standard InChI is InChI=1S/C46H32Br2Cl4N4O4/c1-57-25-13-17-29(37(49)21-25)41-42(30-18-14-26(58-2)22-38(30)50)54-45(53-41,33-9-5-7-11-35(33)47)46(34-10-6-8-12-36(34)48)55-43(31-19-15-27(59-3)23-39(31)51)44(56-46)32-20-16-28(60-4)24-40(32)52/h5-24H,1-4H3. The predicted octanol–water partition coefficient (Wildman–Crippen LogP) is 12.8. The molecule has 2 heterocycles. The molecular formula is C46H32Br2Cl4N4O4. The molecule has 8 nitrogen and oxygen atoms in total. The number of aliphatic imine (C=N–C) groups is 4. The molecule has 2 aliphatic heterocycles. The van der Waals surface area contributed by atoms with Gasteiger partial charge in [0.15, 0.2) is 0 Å². The van der Waals surface area contributed by atoms with Gasteiger partial charge in [-0.3, -0.25) is 0 Å². The molecule has 302 valence electrons. The van der Waals surface area contributed by atoms with E-state index in [1.54, 1.807) is 52.7 Å². The molecule has 0 aromatic heterocycles. The Morgan fingerprint density at radius 1 is 0.383 bits per heavy atom. The average Bonchev–Trinajstić information content (AvgIpc) is 3.85. The summed E-state index contributed by atoms with van der Waals surface area (Å²) in [4.78, 5) is 22.9. The SMILES string of the molecule is COc1ccc(C2=NC(c3ccccc3Br)(C3(c4ccccc4Br)N=C(c4ccc(OC)cc4Cl)C(c4ccc(OC)cc4Cl)=N3)N=C2c2ccc(OC)cc2Cl)c(Cl)c1. The third-order valence-corrected chi connectivity index (χ3v) is 12.9. The first-order valence-corrected chi connectivity index (χ1v) is 21.3. The number of hydrogen-bond acceptors (Lipinski definition) is 8. The Kier molecular flexibility index (Phi) is 11.9. The van der Waals surface area contributed by atoms with Gasteiger partial charge in [0.2, 0.25) is 11.3 Å². The highest BCUT2D eigenvalue weighted by Crippen LogP contribution is 2.57. The van der Waals surface area contributed by atoms with Crippen LogP contribution in [0.25, 0.3) is 0 Å². The molecule has 60 heavy (non-hydrogen) atoms. The summed E-state index contributed by atoms with van der Waals surface area (Å²) in [6, 6.07) is 37.0. The Morgan fingerprint density at radius 2 is 0.633 bits per heavy atom. The van der Waals surface area contributed by atoms with Crippen molar-refractivity contribution in [2.75, 3.05) is 28.4 Å². The van der Waals surface area contributed by atoms with Crippen molar-refractivity contribution in [3.63, 3.8) is 0 Å². The first-order chi connectivity index (χ1) is 29.0. The summed E-state index contributed by atoms with van der Waals surface area (Å²) < 4.78 is 23.6. The number of ether oxygens (including phenoxy) is 4. The number of methoxy groups -OCH3 is 4. The van der Waals surface area contributed by atoms with Crippen LogP contribution in [0.4, 0.5) is 0 Å². The molecule has 6 aromatic carbocycles. The first-order valence-electron chi connectivity index (χ1n) is 18.2.